The first kappa shape index (κ1) is 19.7. The second kappa shape index (κ2) is 9.74. The van der Waals surface area contributed by atoms with Gasteiger partial charge in [-0.2, -0.15) is 0 Å². The van der Waals surface area contributed by atoms with Crippen LogP contribution in [0.15, 0.2) is 72.2 Å². The van der Waals surface area contributed by atoms with Crippen molar-refractivity contribution < 1.29 is 0 Å². The Kier molecular flexibility index (Phi) is 6.84. The van der Waals surface area contributed by atoms with Crippen molar-refractivity contribution in [2.45, 2.75) is 33.4 Å². The molecule has 0 saturated heterocycles. The number of nitrogens with one attached hydrogen (secondary N) is 1. The van der Waals surface area contributed by atoms with Crippen LogP contribution in [0.2, 0.25) is 0 Å². The van der Waals surface area contributed by atoms with E-state index in [9.17, 15) is 0 Å². The number of imidazole rings is 1. The molecular weight excluding hydrogens is 346 g/mol. The van der Waals surface area contributed by atoms with E-state index in [0.29, 0.717) is 18.4 Å². The third-order valence-corrected chi connectivity index (χ3v) is 4.65. The predicted molar refractivity (Wildman–Crippen MR) is 116 cm³/mol. The lowest BCUT2D eigenvalue weighted by Gasteiger charge is -2.11. The summed E-state index contributed by atoms with van der Waals surface area (Å²) in [7, 11) is 0. The van der Waals surface area contributed by atoms with E-state index in [2.05, 4.69) is 76.2 Å². The van der Waals surface area contributed by atoms with E-state index in [1.807, 2.05) is 18.6 Å². The Labute approximate surface area is 167 Å². The minimum absolute atomic E-state index is 0.506. The molecule has 0 radical (unpaired) electrons. The van der Waals surface area contributed by atoms with Crippen LogP contribution < -0.4 is 11.1 Å². The van der Waals surface area contributed by atoms with Gasteiger partial charge in [0.05, 0.1) is 12.9 Å². The standard InChI is InChI=1S/C23H29N5/c1-18(2)11-12-26-23(24)27-15-21-5-3-4-6-22(21)20-9-7-19(8-10-20)16-28-14-13-25-17-28/h3-10,13-14,17-18H,11-12,15-16H2,1-2H3,(H3,24,26,27). The highest BCUT2D eigenvalue weighted by Crippen LogP contribution is 2.25. The Morgan fingerprint density at radius 3 is 2.64 bits per heavy atom. The quantitative estimate of drug-likeness (QED) is 0.461. The van der Waals surface area contributed by atoms with Gasteiger partial charge in [0.2, 0.25) is 0 Å². The number of aromatic nitrogens is 2. The van der Waals surface area contributed by atoms with Crippen LogP contribution >= 0.6 is 0 Å². The van der Waals surface area contributed by atoms with Crippen molar-refractivity contribution in [2.75, 3.05) is 6.54 Å². The Morgan fingerprint density at radius 2 is 1.93 bits per heavy atom. The van der Waals surface area contributed by atoms with Gasteiger partial charge >= 0.3 is 0 Å². The van der Waals surface area contributed by atoms with E-state index in [1.165, 1.54) is 22.3 Å². The minimum Gasteiger partial charge on any atom is -0.370 e. The van der Waals surface area contributed by atoms with Gasteiger partial charge in [-0.25, -0.2) is 9.98 Å². The largest absolute Gasteiger partial charge is 0.370 e. The van der Waals surface area contributed by atoms with Gasteiger partial charge in [-0.15, -0.1) is 0 Å². The van der Waals surface area contributed by atoms with Crippen LogP contribution in [0.3, 0.4) is 0 Å². The average Bonchev–Trinajstić information content (AvgIpc) is 3.20. The average molecular weight is 376 g/mol. The van der Waals surface area contributed by atoms with Crippen LogP contribution in [0.1, 0.15) is 31.4 Å². The van der Waals surface area contributed by atoms with E-state index in [1.54, 1.807) is 6.20 Å². The fourth-order valence-electron chi connectivity index (χ4n) is 3.04. The van der Waals surface area contributed by atoms with Gasteiger partial charge in [-0.1, -0.05) is 62.4 Å². The summed E-state index contributed by atoms with van der Waals surface area (Å²) in [5.74, 6) is 1.16. The number of rotatable bonds is 8. The SMILES string of the molecule is CC(C)CCNC(N)=NCc1ccccc1-c1ccc(Cn2ccnc2)cc1. The van der Waals surface area contributed by atoms with Gasteiger partial charge in [0.25, 0.3) is 0 Å². The number of hydrogen-bond donors (Lipinski definition) is 2. The molecule has 5 nitrogen and oxygen atoms in total. The van der Waals surface area contributed by atoms with Gasteiger partial charge in [0.1, 0.15) is 0 Å². The van der Waals surface area contributed by atoms with Crippen LogP contribution in [0.4, 0.5) is 0 Å². The van der Waals surface area contributed by atoms with Gasteiger partial charge < -0.3 is 15.6 Å². The highest BCUT2D eigenvalue weighted by molar-refractivity contribution is 5.78. The molecule has 3 N–H and O–H groups in total. The number of nitrogens with zero attached hydrogens (tertiary/aromatic N) is 3. The lowest BCUT2D eigenvalue weighted by Crippen LogP contribution is -2.32. The molecule has 0 aliphatic heterocycles. The highest BCUT2D eigenvalue weighted by atomic mass is 15.1. The van der Waals surface area contributed by atoms with E-state index in [-0.39, 0.29) is 0 Å². The fourth-order valence-corrected chi connectivity index (χ4v) is 3.04. The molecule has 5 heteroatoms. The smallest absolute Gasteiger partial charge is 0.188 e. The zero-order valence-corrected chi connectivity index (χ0v) is 16.7. The summed E-state index contributed by atoms with van der Waals surface area (Å²) in [6.45, 7) is 6.64. The number of aliphatic imine (C=N–C) groups is 1. The minimum atomic E-state index is 0.506. The Balaban J connectivity index is 1.67. The molecule has 3 rings (SSSR count). The number of benzene rings is 2. The summed E-state index contributed by atoms with van der Waals surface area (Å²) in [6.07, 6.45) is 6.69. The van der Waals surface area contributed by atoms with Gasteiger partial charge in [0.15, 0.2) is 5.96 Å². The zero-order chi connectivity index (χ0) is 19.8. The molecule has 1 heterocycles. The van der Waals surface area contributed by atoms with E-state index < -0.39 is 0 Å². The first-order valence-electron chi connectivity index (χ1n) is 9.78. The summed E-state index contributed by atoms with van der Waals surface area (Å²) in [5, 5.41) is 3.19. The van der Waals surface area contributed by atoms with Crippen LogP contribution in [0.25, 0.3) is 11.1 Å². The normalized spacial score (nSPS) is 11.8. The van der Waals surface area contributed by atoms with Crippen molar-refractivity contribution >= 4 is 5.96 Å². The summed E-state index contributed by atoms with van der Waals surface area (Å²) < 4.78 is 2.06. The topological polar surface area (TPSA) is 68.2 Å². The van der Waals surface area contributed by atoms with E-state index in [0.717, 1.165) is 19.5 Å². The van der Waals surface area contributed by atoms with Crippen molar-refractivity contribution in [1.29, 1.82) is 0 Å². The molecule has 0 aliphatic carbocycles. The summed E-state index contributed by atoms with van der Waals surface area (Å²) in [4.78, 5) is 8.61. The van der Waals surface area contributed by atoms with Gasteiger partial charge in [-0.05, 0) is 34.6 Å². The molecule has 0 bridgehead atoms. The van der Waals surface area contributed by atoms with E-state index in [4.69, 9.17) is 5.73 Å². The van der Waals surface area contributed by atoms with Crippen LogP contribution in [0.5, 0.6) is 0 Å². The van der Waals surface area contributed by atoms with E-state index >= 15 is 0 Å². The molecule has 28 heavy (non-hydrogen) atoms. The summed E-state index contributed by atoms with van der Waals surface area (Å²) >= 11 is 0. The molecule has 0 fully saturated rings. The first-order valence-corrected chi connectivity index (χ1v) is 9.78. The van der Waals surface area contributed by atoms with Crippen molar-refractivity contribution in [3.63, 3.8) is 0 Å². The fraction of sp³-hybridized carbons (Fsp3) is 0.304. The third kappa shape index (κ3) is 5.71. The maximum absolute atomic E-state index is 6.01. The maximum atomic E-state index is 6.01. The van der Waals surface area contributed by atoms with Crippen LogP contribution in [-0.4, -0.2) is 22.1 Å². The molecule has 0 unspecified atom stereocenters. The number of hydrogen-bond acceptors (Lipinski definition) is 2. The molecule has 2 aromatic carbocycles. The second-order valence-corrected chi connectivity index (χ2v) is 7.40. The third-order valence-electron chi connectivity index (χ3n) is 4.65. The highest BCUT2D eigenvalue weighted by Gasteiger charge is 2.05. The zero-order valence-electron chi connectivity index (χ0n) is 16.7. The molecule has 0 aliphatic rings. The number of guanidine groups is 1. The molecule has 0 atom stereocenters. The van der Waals surface area contributed by atoms with Crippen molar-refractivity contribution in [3.8, 4) is 11.1 Å². The molecular formula is C23H29N5. The molecule has 0 spiro atoms. The monoisotopic (exact) mass is 375 g/mol. The summed E-state index contributed by atoms with van der Waals surface area (Å²) in [6, 6.07) is 17.0. The van der Waals surface area contributed by atoms with Crippen molar-refractivity contribution in [2.24, 2.45) is 16.6 Å². The second-order valence-electron chi connectivity index (χ2n) is 7.40. The van der Waals surface area contributed by atoms with Crippen molar-refractivity contribution in [1.82, 2.24) is 14.9 Å². The number of nitrogens with two attached hydrogens (primary N) is 1. The van der Waals surface area contributed by atoms with Crippen molar-refractivity contribution in [3.05, 3.63) is 78.4 Å². The Morgan fingerprint density at radius 1 is 1.14 bits per heavy atom. The molecule has 0 saturated carbocycles. The predicted octanol–water partition coefficient (Wildman–Crippen LogP) is 4.05. The van der Waals surface area contributed by atoms with Crippen LogP contribution in [0, 0.1) is 5.92 Å². The Bertz CT molecular complexity index is 880. The Hall–Kier alpha value is -3.08. The molecule has 0 amide bonds. The molecule has 146 valence electrons. The van der Waals surface area contributed by atoms with Crippen LogP contribution in [-0.2, 0) is 13.1 Å². The lowest BCUT2D eigenvalue weighted by atomic mass is 9.98. The molecule has 1 aromatic heterocycles. The van der Waals surface area contributed by atoms with Gasteiger partial charge in [0, 0.05) is 25.5 Å². The molecule has 3 aromatic rings. The lowest BCUT2D eigenvalue weighted by molar-refractivity contribution is 0.576. The summed E-state index contributed by atoms with van der Waals surface area (Å²) in [5.41, 5.74) is 10.8. The van der Waals surface area contributed by atoms with Gasteiger partial charge in [-0.3, -0.25) is 0 Å². The maximum Gasteiger partial charge on any atom is 0.188 e. The first-order chi connectivity index (χ1) is 13.6.